The molecule has 1 aliphatic heterocycles. The lowest BCUT2D eigenvalue weighted by Gasteiger charge is -2.09. The number of nitrogens with one attached hydrogen (secondary N) is 3. The fraction of sp³-hybridized carbons (Fsp3) is 0.200. The topological polar surface area (TPSA) is 130 Å². The summed E-state index contributed by atoms with van der Waals surface area (Å²) in [5.41, 5.74) is 1.26. The van der Waals surface area contributed by atoms with Crippen LogP contribution in [-0.2, 0) is 27.8 Å². The molecule has 0 saturated carbocycles. The first kappa shape index (κ1) is 14.1. The second-order valence-electron chi connectivity index (χ2n) is 4.32. The van der Waals surface area contributed by atoms with Crippen LogP contribution in [0, 0.1) is 0 Å². The summed E-state index contributed by atoms with van der Waals surface area (Å²) in [6.45, 7) is -0.0838. The van der Waals surface area contributed by atoms with E-state index in [9.17, 15) is 13.2 Å². The first-order valence-corrected chi connectivity index (χ1v) is 8.07. The zero-order chi connectivity index (χ0) is 15.0. The maximum atomic E-state index is 12.3. The third kappa shape index (κ3) is 2.80. The summed E-state index contributed by atoms with van der Waals surface area (Å²) < 4.78 is 27.3. The molecule has 1 aromatic heterocycles. The van der Waals surface area contributed by atoms with Gasteiger partial charge >= 0.3 is 0 Å². The lowest BCUT2D eigenvalue weighted by atomic mass is 10.2. The zero-order valence-corrected chi connectivity index (χ0v) is 12.8. The third-order valence-corrected chi connectivity index (χ3v) is 5.24. The van der Waals surface area contributed by atoms with Crippen molar-refractivity contribution in [1.29, 1.82) is 0 Å². The van der Waals surface area contributed by atoms with Gasteiger partial charge in [-0.25, -0.2) is 13.1 Å². The number of tetrazole rings is 1. The minimum Gasteiger partial charge on any atom is -0.325 e. The van der Waals surface area contributed by atoms with Crippen molar-refractivity contribution in [1.82, 2.24) is 25.3 Å². The van der Waals surface area contributed by atoms with E-state index in [4.69, 9.17) is 0 Å². The number of rotatable bonds is 4. The number of sulfonamides is 1. The molecular weight excluding hydrogens is 364 g/mol. The Morgan fingerprint density at radius 3 is 2.90 bits per heavy atom. The van der Waals surface area contributed by atoms with Gasteiger partial charge in [-0.05, 0) is 33.6 Å². The van der Waals surface area contributed by atoms with Crippen molar-refractivity contribution in [3.05, 3.63) is 28.0 Å². The number of benzene rings is 1. The monoisotopic (exact) mass is 372 g/mol. The van der Waals surface area contributed by atoms with E-state index >= 15 is 0 Å². The summed E-state index contributed by atoms with van der Waals surface area (Å²) in [6.07, 6.45) is 0.163. The van der Waals surface area contributed by atoms with E-state index in [0.29, 0.717) is 15.7 Å². The summed E-state index contributed by atoms with van der Waals surface area (Å²) >= 11 is 3.20. The number of H-pyrrole nitrogens is 1. The van der Waals surface area contributed by atoms with Crippen LogP contribution in [-0.4, -0.2) is 34.9 Å². The van der Waals surface area contributed by atoms with Crippen LogP contribution in [0.1, 0.15) is 11.4 Å². The van der Waals surface area contributed by atoms with Crippen molar-refractivity contribution in [2.75, 3.05) is 5.32 Å². The van der Waals surface area contributed by atoms with Gasteiger partial charge < -0.3 is 5.32 Å². The number of fused-ring (bicyclic) bond motifs is 1. The number of aromatic amines is 1. The van der Waals surface area contributed by atoms with Crippen molar-refractivity contribution in [3.63, 3.8) is 0 Å². The van der Waals surface area contributed by atoms with Gasteiger partial charge in [-0.15, -0.1) is 10.2 Å². The number of hydrogen-bond acceptors (Lipinski definition) is 6. The van der Waals surface area contributed by atoms with Crippen LogP contribution in [0.5, 0.6) is 0 Å². The molecule has 0 radical (unpaired) electrons. The molecule has 0 saturated heterocycles. The Balaban J connectivity index is 1.89. The Bertz CT molecular complexity index is 804. The first-order valence-electron chi connectivity index (χ1n) is 5.80. The van der Waals surface area contributed by atoms with Crippen LogP contribution in [0.2, 0.25) is 0 Å². The molecule has 3 rings (SSSR count). The lowest BCUT2D eigenvalue weighted by molar-refractivity contribution is -0.115. The number of hydrogen-bond donors (Lipinski definition) is 3. The fourth-order valence-electron chi connectivity index (χ4n) is 1.93. The second kappa shape index (κ2) is 5.16. The summed E-state index contributed by atoms with van der Waals surface area (Å²) in [6, 6.07) is 3.04. The molecule has 0 aliphatic carbocycles. The van der Waals surface area contributed by atoms with Crippen molar-refractivity contribution in [2.45, 2.75) is 17.9 Å². The highest BCUT2D eigenvalue weighted by atomic mass is 79.9. The molecule has 9 nitrogen and oxygen atoms in total. The highest BCUT2D eigenvalue weighted by Crippen LogP contribution is 2.32. The van der Waals surface area contributed by atoms with Gasteiger partial charge in [-0.1, -0.05) is 5.21 Å². The molecule has 21 heavy (non-hydrogen) atoms. The van der Waals surface area contributed by atoms with Crippen LogP contribution in [0.15, 0.2) is 21.5 Å². The van der Waals surface area contributed by atoms with Gasteiger partial charge in [-0.2, -0.15) is 5.21 Å². The minimum atomic E-state index is -3.76. The van der Waals surface area contributed by atoms with Gasteiger partial charge in [0.25, 0.3) is 0 Å². The summed E-state index contributed by atoms with van der Waals surface area (Å²) in [5, 5.41) is 15.6. The third-order valence-electron chi connectivity index (χ3n) is 2.88. The molecule has 0 fully saturated rings. The molecule has 0 unspecified atom stereocenters. The molecule has 0 spiro atoms. The Morgan fingerprint density at radius 2 is 2.19 bits per heavy atom. The number of carbonyl (C=O) groups excluding carboxylic acids is 1. The molecule has 1 aromatic carbocycles. The molecule has 2 aromatic rings. The molecule has 3 N–H and O–H groups in total. The van der Waals surface area contributed by atoms with Crippen LogP contribution < -0.4 is 10.0 Å². The van der Waals surface area contributed by atoms with E-state index in [0.717, 1.165) is 0 Å². The van der Waals surface area contributed by atoms with Crippen molar-refractivity contribution >= 4 is 37.5 Å². The number of nitrogens with zero attached hydrogens (tertiary/aromatic N) is 3. The number of amides is 1. The van der Waals surface area contributed by atoms with Gasteiger partial charge in [0.1, 0.15) is 0 Å². The molecule has 11 heteroatoms. The van der Waals surface area contributed by atoms with Gasteiger partial charge in [0, 0.05) is 10.2 Å². The van der Waals surface area contributed by atoms with E-state index in [1.54, 1.807) is 6.07 Å². The van der Waals surface area contributed by atoms with Crippen molar-refractivity contribution in [3.8, 4) is 0 Å². The van der Waals surface area contributed by atoms with E-state index < -0.39 is 10.0 Å². The molecule has 1 amide bonds. The SMILES string of the molecule is O=C1Cc2cc(S(=O)(=O)NCc3nn[nH]n3)c(Br)cc2N1. The molecule has 110 valence electrons. The highest BCUT2D eigenvalue weighted by molar-refractivity contribution is 9.10. The molecular formula is C10H9BrN6O3S. The Hall–Kier alpha value is -1.85. The standard InChI is InChI=1S/C10H9BrN6O3S/c11-6-3-7-5(2-10(18)13-7)1-8(6)21(19,20)12-4-9-14-16-17-15-9/h1,3,12H,2,4H2,(H,13,18)(H,14,15,16,17). The van der Waals surface area contributed by atoms with Gasteiger partial charge in [-0.3, -0.25) is 4.79 Å². The quantitative estimate of drug-likeness (QED) is 0.688. The molecule has 2 heterocycles. The van der Waals surface area contributed by atoms with Crippen molar-refractivity contribution < 1.29 is 13.2 Å². The van der Waals surface area contributed by atoms with Crippen LogP contribution >= 0.6 is 15.9 Å². The van der Waals surface area contributed by atoms with E-state index in [1.165, 1.54) is 6.07 Å². The normalized spacial score (nSPS) is 14.0. The molecule has 1 aliphatic rings. The summed E-state index contributed by atoms with van der Waals surface area (Å²) in [7, 11) is -3.76. The summed E-state index contributed by atoms with van der Waals surface area (Å²) in [4.78, 5) is 11.4. The Kier molecular flexibility index (Phi) is 3.47. The molecule has 0 atom stereocenters. The van der Waals surface area contributed by atoms with E-state index in [1.807, 2.05) is 0 Å². The van der Waals surface area contributed by atoms with Crippen LogP contribution in [0.3, 0.4) is 0 Å². The number of aromatic nitrogens is 4. The largest absolute Gasteiger partial charge is 0.325 e. The summed E-state index contributed by atoms with van der Waals surface area (Å²) in [5.74, 6) is 0.0684. The number of anilines is 1. The van der Waals surface area contributed by atoms with E-state index in [-0.39, 0.29) is 29.6 Å². The van der Waals surface area contributed by atoms with Gasteiger partial charge in [0.05, 0.1) is 17.9 Å². The zero-order valence-electron chi connectivity index (χ0n) is 10.4. The number of halogens is 1. The highest BCUT2D eigenvalue weighted by Gasteiger charge is 2.25. The van der Waals surface area contributed by atoms with Gasteiger partial charge in [0.2, 0.25) is 15.9 Å². The smallest absolute Gasteiger partial charge is 0.242 e. The Morgan fingerprint density at radius 1 is 1.38 bits per heavy atom. The average Bonchev–Trinajstić information content (AvgIpc) is 3.03. The first-order chi connectivity index (χ1) is 9.95. The number of carbonyl (C=O) groups is 1. The maximum absolute atomic E-state index is 12.3. The average molecular weight is 373 g/mol. The predicted molar refractivity (Wildman–Crippen MR) is 74.7 cm³/mol. The van der Waals surface area contributed by atoms with Gasteiger partial charge in [0.15, 0.2) is 5.82 Å². The predicted octanol–water partition coefficient (Wildman–Crippen LogP) is -0.0647. The molecule has 0 bridgehead atoms. The maximum Gasteiger partial charge on any atom is 0.242 e. The van der Waals surface area contributed by atoms with Crippen LogP contribution in [0.4, 0.5) is 5.69 Å². The van der Waals surface area contributed by atoms with Crippen molar-refractivity contribution in [2.24, 2.45) is 0 Å². The fourth-order valence-corrected chi connectivity index (χ4v) is 4.00. The second-order valence-corrected chi connectivity index (χ2v) is 6.91. The van der Waals surface area contributed by atoms with Crippen LogP contribution in [0.25, 0.3) is 0 Å². The lowest BCUT2D eigenvalue weighted by Crippen LogP contribution is -2.24. The minimum absolute atomic E-state index is 0.0567. The Labute approximate surface area is 127 Å². The van der Waals surface area contributed by atoms with E-state index in [2.05, 4.69) is 46.6 Å².